The zero-order valence-electron chi connectivity index (χ0n) is 12.7. The van der Waals surface area contributed by atoms with Crippen molar-refractivity contribution in [3.63, 3.8) is 0 Å². The monoisotopic (exact) mass is 264 g/mol. The molecule has 1 aromatic heterocycles. The molecule has 108 valence electrons. The van der Waals surface area contributed by atoms with Gasteiger partial charge >= 0.3 is 0 Å². The minimum atomic E-state index is 0.636. The predicted molar refractivity (Wildman–Crippen MR) is 82.3 cm³/mol. The van der Waals surface area contributed by atoms with Crippen LogP contribution in [0, 0.1) is 0 Å². The van der Waals surface area contributed by atoms with Gasteiger partial charge < -0.3 is 4.74 Å². The van der Waals surface area contributed by atoms with Gasteiger partial charge in [0.05, 0.1) is 19.0 Å². The molecule has 1 heterocycles. The van der Waals surface area contributed by atoms with Crippen LogP contribution in [0.3, 0.4) is 0 Å². The summed E-state index contributed by atoms with van der Waals surface area (Å²) in [5.41, 5.74) is 0. The Labute approximate surface area is 118 Å². The average molecular weight is 264 g/mol. The Morgan fingerprint density at radius 1 is 1.05 bits per heavy atom. The first-order chi connectivity index (χ1) is 9.36. The lowest BCUT2D eigenvalue weighted by atomic mass is 10.1. The van der Waals surface area contributed by atoms with Crippen LogP contribution in [0.2, 0.25) is 0 Å². The van der Waals surface area contributed by atoms with Crippen molar-refractivity contribution in [2.45, 2.75) is 59.3 Å². The Morgan fingerprint density at radius 2 is 1.63 bits per heavy atom. The molecule has 1 rings (SSSR count). The van der Waals surface area contributed by atoms with Crippen LogP contribution >= 0.6 is 0 Å². The van der Waals surface area contributed by atoms with E-state index in [0.717, 1.165) is 18.8 Å². The van der Waals surface area contributed by atoms with Crippen molar-refractivity contribution in [1.82, 2.24) is 9.97 Å². The Bertz CT molecular complexity index is 309. The molecule has 0 unspecified atom stereocenters. The van der Waals surface area contributed by atoms with Gasteiger partial charge in [-0.1, -0.05) is 59.5 Å². The highest BCUT2D eigenvalue weighted by Crippen LogP contribution is 2.09. The molecule has 0 N–H and O–H groups in total. The number of aromatic nitrogens is 2. The molecule has 0 radical (unpaired) electrons. The Hall–Kier alpha value is -1.38. The van der Waals surface area contributed by atoms with E-state index in [-0.39, 0.29) is 0 Å². The highest BCUT2D eigenvalue weighted by Gasteiger charge is 1.96. The first-order valence-electron chi connectivity index (χ1n) is 7.44. The van der Waals surface area contributed by atoms with Crippen molar-refractivity contribution in [2.75, 3.05) is 6.61 Å². The molecule has 0 spiro atoms. The molecule has 0 bridgehead atoms. The fourth-order valence-electron chi connectivity index (χ4n) is 1.58. The smallest absolute Gasteiger partial charge is 0.155 e. The molecular formula is C16H28N2O. The van der Waals surface area contributed by atoms with Gasteiger partial charge in [-0.05, 0) is 12.5 Å². The van der Waals surface area contributed by atoms with Crippen LogP contribution in [0.15, 0.2) is 19.0 Å². The van der Waals surface area contributed by atoms with Crippen molar-refractivity contribution in [3.8, 4) is 5.75 Å². The molecule has 0 aromatic carbocycles. The molecular weight excluding hydrogens is 236 g/mol. The van der Waals surface area contributed by atoms with E-state index in [1.54, 1.807) is 18.5 Å². The van der Waals surface area contributed by atoms with E-state index < -0.39 is 0 Å². The van der Waals surface area contributed by atoms with Gasteiger partial charge in [0.25, 0.3) is 0 Å². The second-order valence-corrected chi connectivity index (χ2v) is 4.10. The quantitative estimate of drug-likeness (QED) is 0.596. The first-order valence-corrected chi connectivity index (χ1v) is 7.44. The van der Waals surface area contributed by atoms with Crippen molar-refractivity contribution < 1.29 is 4.74 Å². The molecule has 0 aliphatic carbocycles. The SMILES string of the molecule is C=Cc1ncc(OCCCCCCCC)cn1.CC. The predicted octanol–water partition coefficient (Wildman–Crippen LogP) is 4.89. The number of rotatable bonds is 9. The van der Waals surface area contributed by atoms with Crippen LogP contribution in [0.5, 0.6) is 5.75 Å². The highest BCUT2D eigenvalue weighted by atomic mass is 16.5. The van der Waals surface area contributed by atoms with Gasteiger partial charge in [-0.2, -0.15) is 0 Å². The van der Waals surface area contributed by atoms with Gasteiger partial charge in [0.1, 0.15) is 0 Å². The summed E-state index contributed by atoms with van der Waals surface area (Å²) in [6, 6.07) is 0. The van der Waals surface area contributed by atoms with Gasteiger partial charge in [-0.25, -0.2) is 9.97 Å². The summed E-state index contributed by atoms with van der Waals surface area (Å²) in [7, 11) is 0. The van der Waals surface area contributed by atoms with E-state index in [9.17, 15) is 0 Å². The summed E-state index contributed by atoms with van der Waals surface area (Å²) in [5, 5.41) is 0. The van der Waals surface area contributed by atoms with Crippen LogP contribution in [0.25, 0.3) is 6.08 Å². The van der Waals surface area contributed by atoms with E-state index in [1.165, 1.54) is 32.1 Å². The van der Waals surface area contributed by atoms with Crippen LogP contribution in [0.4, 0.5) is 0 Å². The molecule has 0 saturated carbocycles. The van der Waals surface area contributed by atoms with Crippen LogP contribution in [-0.2, 0) is 0 Å². The van der Waals surface area contributed by atoms with Crippen LogP contribution in [0.1, 0.15) is 65.1 Å². The van der Waals surface area contributed by atoms with Gasteiger partial charge in [0.15, 0.2) is 11.6 Å². The van der Waals surface area contributed by atoms with Crippen molar-refractivity contribution in [1.29, 1.82) is 0 Å². The number of nitrogens with zero attached hydrogens (tertiary/aromatic N) is 2. The minimum absolute atomic E-state index is 0.636. The van der Waals surface area contributed by atoms with E-state index >= 15 is 0 Å². The Kier molecular flexibility index (Phi) is 12.1. The minimum Gasteiger partial charge on any atom is -0.490 e. The summed E-state index contributed by atoms with van der Waals surface area (Å²) >= 11 is 0. The molecule has 3 nitrogen and oxygen atoms in total. The fourth-order valence-corrected chi connectivity index (χ4v) is 1.58. The van der Waals surface area contributed by atoms with Gasteiger partial charge in [-0.3, -0.25) is 0 Å². The van der Waals surface area contributed by atoms with E-state index in [2.05, 4.69) is 23.5 Å². The molecule has 1 aromatic rings. The maximum absolute atomic E-state index is 5.55. The molecule has 0 fully saturated rings. The van der Waals surface area contributed by atoms with E-state index in [4.69, 9.17) is 4.74 Å². The molecule has 0 amide bonds. The second kappa shape index (κ2) is 13.1. The lowest BCUT2D eigenvalue weighted by Gasteiger charge is -2.05. The number of unbranched alkanes of at least 4 members (excludes halogenated alkanes) is 5. The second-order valence-electron chi connectivity index (χ2n) is 4.10. The summed E-state index contributed by atoms with van der Waals surface area (Å²) < 4.78 is 5.55. The number of hydrogen-bond acceptors (Lipinski definition) is 3. The van der Waals surface area contributed by atoms with Crippen LogP contribution in [-0.4, -0.2) is 16.6 Å². The van der Waals surface area contributed by atoms with Gasteiger partial charge in [0, 0.05) is 0 Å². The zero-order chi connectivity index (χ0) is 14.3. The summed E-state index contributed by atoms with van der Waals surface area (Å²) in [5.74, 6) is 1.38. The van der Waals surface area contributed by atoms with E-state index in [1.807, 2.05) is 13.8 Å². The maximum Gasteiger partial charge on any atom is 0.155 e. The molecule has 0 aliphatic heterocycles. The molecule has 0 saturated heterocycles. The lowest BCUT2D eigenvalue weighted by molar-refractivity contribution is 0.302. The highest BCUT2D eigenvalue weighted by molar-refractivity contribution is 5.35. The molecule has 0 aliphatic rings. The first kappa shape index (κ1) is 17.6. The normalized spacial score (nSPS) is 9.42. The van der Waals surface area contributed by atoms with E-state index in [0.29, 0.717) is 5.82 Å². The third kappa shape index (κ3) is 9.23. The summed E-state index contributed by atoms with van der Waals surface area (Å²) in [6.45, 7) is 10.6. The summed E-state index contributed by atoms with van der Waals surface area (Å²) in [4.78, 5) is 8.16. The molecule has 3 heteroatoms. The third-order valence-corrected chi connectivity index (χ3v) is 2.60. The molecule has 0 atom stereocenters. The topological polar surface area (TPSA) is 35.0 Å². The largest absolute Gasteiger partial charge is 0.490 e. The van der Waals surface area contributed by atoms with Crippen molar-refractivity contribution in [2.24, 2.45) is 0 Å². The Morgan fingerprint density at radius 3 is 2.21 bits per heavy atom. The number of ether oxygens (including phenoxy) is 1. The fraction of sp³-hybridized carbons (Fsp3) is 0.625. The van der Waals surface area contributed by atoms with Crippen molar-refractivity contribution in [3.05, 3.63) is 24.8 Å². The molecule has 19 heavy (non-hydrogen) atoms. The van der Waals surface area contributed by atoms with Gasteiger partial charge in [-0.15, -0.1) is 0 Å². The van der Waals surface area contributed by atoms with Gasteiger partial charge in [0.2, 0.25) is 0 Å². The Balaban J connectivity index is 0.00000154. The van der Waals surface area contributed by atoms with Crippen LogP contribution < -0.4 is 4.74 Å². The van der Waals surface area contributed by atoms with Crippen molar-refractivity contribution >= 4 is 6.08 Å². The third-order valence-electron chi connectivity index (χ3n) is 2.60. The standard InChI is InChI=1S/C14H22N2O.C2H6/c1-3-5-6-7-8-9-10-17-13-11-15-14(4-2)16-12-13;1-2/h4,11-12H,2-3,5-10H2,1H3;1-2H3. The summed E-state index contributed by atoms with van der Waals surface area (Å²) in [6.07, 6.45) is 12.6. The maximum atomic E-state index is 5.55. The number of hydrogen-bond donors (Lipinski definition) is 0. The lowest BCUT2D eigenvalue weighted by Crippen LogP contribution is -1.99. The average Bonchev–Trinajstić information content (AvgIpc) is 2.49. The zero-order valence-corrected chi connectivity index (χ0v) is 12.7.